The molecule has 0 aromatic heterocycles. The van der Waals surface area contributed by atoms with E-state index < -0.39 is 43.6 Å². The van der Waals surface area contributed by atoms with Gasteiger partial charge in [0.2, 0.25) is 20.0 Å². The average Bonchev–Trinajstić information content (AvgIpc) is 3.32. The first-order chi connectivity index (χ1) is 31.1. The zero-order valence-electron chi connectivity index (χ0n) is 38.1. The highest BCUT2D eigenvalue weighted by Crippen LogP contribution is 2.27. The molecule has 2 aliphatic rings. The van der Waals surface area contributed by atoms with Crippen molar-refractivity contribution in [2.45, 2.75) is 40.0 Å². The van der Waals surface area contributed by atoms with Crippen molar-refractivity contribution in [1.82, 2.24) is 20.0 Å². The van der Waals surface area contributed by atoms with Gasteiger partial charge in [-0.05, 0) is 80.6 Å². The van der Waals surface area contributed by atoms with Gasteiger partial charge in [-0.3, -0.25) is 18.4 Å². The fourth-order valence-corrected chi connectivity index (χ4v) is 9.34. The highest BCUT2D eigenvalue weighted by atomic mass is 35.5. The maximum Gasteiger partial charge on any atom is 0.337 e. The summed E-state index contributed by atoms with van der Waals surface area (Å²) in [6.07, 6.45) is 0. The molecule has 66 heavy (non-hydrogen) atoms. The van der Waals surface area contributed by atoms with E-state index in [1.165, 1.54) is 47.1 Å². The first-order valence-electron chi connectivity index (χ1n) is 21.1. The van der Waals surface area contributed by atoms with E-state index in [9.17, 15) is 35.2 Å². The lowest BCUT2D eigenvalue weighted by Crippen LogP contribution is -2.43. The molecule has 0 amide bonds. The van der Waals surface area contributed by atoms with Crippen LogP contribution < -0.4 is 13.9 Å². The summed E-state index contributed by atoms with van der Waals surface area (Å²) in [5.74, 6) is -2.84. The number of nitrogens with zero attached hydrogens (tertiary/aromatic N) is 5. The Bertz CT molecular complexity index is 2440. The van der Waals surface area contributed by atoms with Crippen LogP contribution in [-0.4, -0.2) is 135 Å². The minimum absolute atomic E-state index is 0. The molecule has 0 atom stereocenters. The monoisotopic (exact) mass is 978 g/mol. The Labute approximate surface area is 394 Å². The van der Waals surface area contributed by atoms with Gasteiger partial charge in [0, 0.05) is 76.6 Å². The molecule has 6 rings (SSSR count). The van der Waals surface area contributed by atoms with Gasteiger partial charge in [-0.25, -0.2) is 35.2 Å². The summed E-state index contributed by atoms with van der Waals surface area (Å²) in [5.41, 5.74) is 3.50. The predicted octanol–water partition coefficient (Wildman–Crippen LogP) is 5.33. The molecule has 4 aromatic carbocycles. The lowest BCUT2D eigenvalue weighted by molar-refractivity contribution is -0.0980. The van der Waals surface area contributed by atoms with Crippen LogP contribution in [0.25, 0.3) is 0 Å². The molecule has 15 nitrogen and oxygen atoms in total. The van der Waals surface area contributed by atoms with Crippen LogP contribution in [0, 0.1) is 11.6 Å². The fourth-order valence-electron chi connectivity index (χ4n) is 7.17. The van der Waals surface area contributed by atoms with Crippen LogP contribution in [0.3, 0.4) is 0 Å². The minimum Gasteiger partial charge on any atom is -0.465 e. The van der Waals surface area contributed by atoms with E-state index >= 15 is 0 Å². The summed E-state index contributed by atoms with van der Waals surface area (Å²) < 4.78 is 92.5. The molecule has 2 aliphatic heterocycles. The molecule has 362 valence electrons. The number of likely N-dealkylation sites (N-methyl/N-ethyl adjacent to an activating group) is 1. The maximum atomic E-state index is 14.7. The van der Waals surface area contributed by atoms with Crippen LogP contribution in [-0.2, 0) is 60.5 Å². The number of piperazine rings is 2. The number of rotatable bonds is 16. The summed E-state index contributed by atoms with van der Waals surface area (Å²) in [4.78, 5) is 38.2. The molecule has 20 heteroatoms. The van der Waals surface area contributed by atoms with Gasteiger partial charge in [0.25, 0.3) is 0 Å². The van der Waals surface area contributed by atoms with Gasteiger partial charge in [-0.15, -0.1) is 12.4 Å². The summed E-state index contributed by atoms with van der Waals surface area (Å²) in [6, 6.07) is 22.6. The standard InChI is InChI=1S/C23H30FN3O4S.C22H28FN3O4S.CH2O.ClH/c1-4-32(29,30)27(17-20-9-8-19(15-22(20)24)23(28)31-3)21-7-5-6-18(14-21)16-26-12-10-25(2)11-13-26;1-3-31(28,29)26(16-19-8-7-18(14-21(19)23)22(27)30-2)20-6-4-5-17(13-20)15-25-11-9-24-10-12-25;1-2;/h5-9,14-15H,4,10-13,16-17H2,1-3H3;4-8,13-14,24H,3,9-12,15-16H2,1-2H3;1H2;1H. The smallest absolute Gasteiger partial charge is 0.337 e. The zero-order valence-corrected chi connectivity index (χ0v) is 40.5. The van der Waals surface area contributed by atoms with Gasteiger partial charge in [0.1, 0.15) is 18.4 Å². The van der Waals surface area contributed by atoms with Crippen molar-refractivity contribution in [1.29, 1.82) is 0 Å². The van der Waals surface area contributed by atoms with Gasteiger partial charge < -0.3 is 24.5 Å². The number of hydrogen-bond donors (Lipinski definition) is 1. The molecule has 0 bridgehead atoms. The third kappa shape index (κ3) is 15.5. The number of anilines is 2. The molecular weight excluding hydrogens is 918 g/mol. The van der Waals surface area contributed by atoms with Gasteiger partial charge >= 0.3 is 11.9 Å². The van der Waals surface area contributed by atoms with Crippen molar-refractivity contribution in [3.8, 4) is 0 Å². The predicted molar refractivity (Wildman–Crippen MR) is 255 cm³/mol. The highest BCUT2D eigenvalue weighted by molar-refractivity contribution is 7.93. The maximum absolute atomic E-state index is 14.7. The van der Waals surface area contributed by atoms with E-state index in [0.29, 0.717) is 11.4 Å². The molecule has 0 spiro atoms. The Morgan fingerprint density at radius 3 is 1.39 bits per heavy atom. The van der Waals surface area contributed by atoms with Crippen LogP contribution in [0.2, 0.25) is 0 Å². The summed E-state index contributed by atoms with van der Waals surface area (Å²) in [5, 5.41) is 3.31. The third-order valence-corrected chi connectivity index (χ3v) is 14.5. The molecule has 0 saturated carbocycles. The summed E-state index contributed by atoms with van der Waals surface area (Å²) in [6.45, 7) is 13.9. The quantitative estimate of drug-likeness (QED) is 0.144. The lowest BCUT2D eigenvalue weighted by atomic mass is 10.1. The number of nitrogens with one attached hydrogen (secondary N) is 1. The summed E-state index contributed by atoms with van der Waals surface area (Å²) >= 11 is 0. The molecule has 0 radical (unpaired) electrons. The third-order valence-electron chi connectivity index (χ3n) is 11.0. The molecule has 4 aromatic rings. The van der Waals surface area contributed by atoms with E-state index in [1.54, 1.807) is 26.0 Å². The first-order valence-corrected chi connectivity index (χ1v) is 24.3. The van der Waals surface area contributed by atoms with Gasteiger partial charge in [0.15, 0.2) is 0 Å². The largest absolute Gasteiger partial charge is 0.465 e. The number of ether oxygens (including phenoxy) is 2. The van der Waals surface area contributed by atoms with Gasteiger partial charge in [0.05, 0.1) is 61.3 Å². The Kier molecular flexibility index (Phi) is 22.1. The Hall–Kier alpha value is -5.02. The summed E-state index contributed by atoms with van der Waals surface area (Å²) in [7, 11) is -2.78. The van der Waals surface area contributed by atoms with Crippen LogP contribution in [0.4, 0.5) is 20.2 Å². The topological polar surface area (TPSA) is 166 Å². The van der Waals surface area contributed by atoms with Crippen molar-refractivity contribution in [3.05, 3.63) is 130 Å². The van der Waals surface area contributed by atoms with Crippen LogP contribution >= 0.6 is 12.4 Å². The van der Waals surface area contributed by atoms with E-state index in [4.69, 9.17) is 4.79 Å². The second kappa shape index (κ2) is 26.4. The molecular formula is C46H61ClF2N6O9S2. The molecule has 2 heterocycles. The van der Waals surface area contributed by atoms with E-state index in [-0.39, 0.29) is 59.3 Å². The highest BCUT2D eigenvalue weighted by Gasteiger charge is 2.26. The van der Waals surface area contributed by atoms with Crippen molar-refractivity contribution in [2.75, 3.05) is 93.7 Å². The molecule has 1 N–H and O–H groups in total. The molecule has 0 unspecified atom stereocenters. The van der Waals surface area contributed by atoms with Crippen molar-refractivity contribution < 1.29 is 49.5 Å². The number of halogens is 3. The number of methoxy groups -OCH3 is 2. The number of sulfonamides is 2. The van der Waals surface area contributed by atoms with Crippen LogP contribution in [0.5, 0.6) is 0 Å². The fraction of sp³-hybridized carbons (Fsp3) is 0.413. The van der Waals surface area contributed by atoms with Gasteiger partial charge in [-0.2, -0.15) is 0 Å². The van der Waals surface area contributed by atoms with E-state index in [2.05, 4.69) is 36.5 Å². The Balaban J connectivity index is 0.000000333. The SMILES string of the molecule is C=O.CCS(=O)(=O)N(Cc1ccc(C(=O)OC)cc1F)c1cccc(CN2CCN(C)CC2)c1.CCS(=O)(=O)N(Cc1ccc(C(=O)OC)cc1F)c1cccc(CN2CCNCC2)c1.Cl. The van der Waals surface area contributed by atoms with E-state index in [1.807, 2.05) is 43.2 Å². The zero-order chi connectivity index (χ0) is 47.7. The van der Waals surface area contributed by atoms with Crippen molar-refractivity contribution in [2.24, 2.45) is 0 Å². The number of carbonyl (C=O) groups is 3. The van der Waals surface area contributed by atoms with Crippen molar-refractivity contribution >= 4 is 62.6 Å². The minimum atomic E-state index is -3.66. The number of benzene rings is 4. The van der Waals surface area contributed by atoms with Crippen LogP contribution in [0.1, 0.15) is 56.8 Å². The number of hydrogen-bond acceptors (Lipinski definition) is 13. The first kappa shape index (κ1) is 55.3. The molecule has 2 fully saturated rings. The average molecular weight is 980 g/mol. The van der Waals surface area contributed by atoms with E-state index in [0.717, 1.165) is 88.7 Å². The van der Waals surface area contributed by atoms with Gasteiger partial charge in [-0.1, -0.05) is 36.4 Å². The Morgan fingerprint density at radius 1 is 0.636 bits per heavy atom. The van der Waals surface area contributed by atoms with Crippen LogP contribution in [0.15, 0.2) is 84.9 Å². The molecule has 0 aliphatic carbocycles. The Morgan fingerprint density at radius 2 is 1.03 bits per heavy atom. The molecule has 2 saturated heterocycles. The normalized spacial score (nSPS) is 14.6. The number of esters is 2. The lowest BCUT2D eigenvalue weighted by Gasteiger charge is -2.32. The number of carbonyl (C=O) groups excluding carboxylic acids is 3. The second-order valence-electron chi connectivity index (χ2n) is 15.4. The second-order valence-corrected chi connectivity index (χ2v) is 19.7. The van der Waals surface area contributed by atoms with Crippen molar-refractivity contribution in [3.63, 3.8) is 0 Å².